The second-order valence-corrected chi connectivity index (χ2v) is 9.19. The third-order valence-electron chi connectivity index (χ3n) is 5.00. The smallest absolute Gasteiger partial charge is 0.171 e. The van der Waals surface area contributed by atoms with E-state index in [1.807, 2.05) is 18.2 Å². The van der Waals surface area contributed by atoms with Crippen LogP contribution in [-0.4, -0.2) is 23.1 Å². The van der Waals surface area contributed by atoms with Crippen LogP contribution >= 0.6 is 44.1 Å². The molecule has 1 aliphatic rings. The van der Waals surface area contributed by atoms with Crippen LogP contribution in [0.2, 0.25) is 0 Å². The highest BCUT2D eigenvalue weighted by Crippen LogP contribution is 2.33. The van der Waals surface area contributed by atoms with Gasteiger partial charge in [0.05, 0.1) is 18.5 Å². The quantitative estimate of drug-likeness (QED) is 0.459. The molecule has 146 valence electrons. The van der Waals surface area contributed by atoms with Gasteiger partial charge >= 0.3 is 0 Å². The van der Waals surface area contributed by atoms with Crippen molar-refractivity contribution < 1.29 is 4.42 Å². The van der Waals surface area contributed by atoms with Crippen molar-refractivity contribution in [2.75, 3.05) is 12.4 Å². The zero-order valence-electron chi connectivity index (χ0n) is 15.4. The minimum absolute atomic E-state index is 0.560. The molecule has 4 nitrogen and oxygen atoms in total. The summed E-state index contributed by atoms with van der Waals surface area (Å²) in [6.45, 7) is 1.44. The summed E-state index contributed by atoms with van der Waals surface area (Å²) in [7, 11) is 2.22. The average molecular weight is 515 g/mol. The van der Waals surface area contributed by atoms with Crippen molar-refractivity contribution >= 4 is 54.9 Å². The van der Waals surface area contributed by atoms with Crippen LogP contribution in [0.4, 0.5) is 5.69 Å². The lowest BCUT2D eigenvalue weighted by Gasteiger charge is -2.32. The largest absolute Gasteiger partial charge is 0.467 e. The molecule has 1 aromatic heterocycles. The van der Waals surface area contributed by atoms with Gasteiger partial charge < -0.3 is 15.1 Å². The van der Waals surface area contributed by atoms with E-state index in [1.165, 1.54) is 37.7 Å². The molecule has 0 saturated heterocycles. The lowest BCUT2D eigenvalue weighted by molar-refractivity contribution is 0.185. The number of thiocarbonyl (C=S) groups is 1. The Hall–Kier alpha value is -0.890. The molecule has 1 aromatic carbocycles. The van der Waals surface area contributed by atoms with Crippen molar-refractivity contribution in [1.29, 1.82) is 0 Å². The maximum absolute atomic E-state index is 5.49. The average Bonchev–Trinajstić information content (AvgIpc) is 3.17. The van der Waals surface area contributed by atoms with Crippen molar-refractivity contribution in [3.63, 3.8) is 0 Å². The van der Waals surface area contributed by atoms with E-state index < -0.39 is 0 Å². The molecule has 1 fully saturated rings. The minimum atomic E-state index is 0.560. The van der Waals surface area contributed by atoms with Crippen LogP contribution in [-0.2, 0) is 13.1 Å². The number of furan rings is 1. The van der Waals surface area contributed by atoms with Gasteiger partial charge in [-0.15, -0.1) is 0 Å². The van der Waals surface area contributed by atoms with Crippen LogP contribution < -0.4 is 10.6 Å². The molecule has 2 aromatic rings. The Labute approximate surface area is 183 Å². The van der Waals surface area contributed by atoms with E-state index in [0.717, 1.165) is 26.9 Å². The number of halogens is 2. The standard InChI is InChI=1S/C20H25Br2N3OS/c1-25(16-6-3-2-4-7-16)13-14-10-15(21)11-18(22)19(14)24-20(27)23-12-17-8-5-9-26-17/h5,8-11,16H,2-4,6-7,12-13H2,1H3,(H2,23,24,27). The fourth-order valence-electron chi connectivity index (χ4n) is 3.55. The first kappa shape index (κ1) is 20.8. The molecule has 7 heteroatoms. The highest BCUT2D eigenvalue weighted by molar-refractivity contribution is 9.11. The van der Waals surface area contributed by atoms with E-state index in [9.17, 15) is 0 Å². The SMILES string of the molecule is CN(Cc1cc(Br)cc(Br)c1NC(=S)NCc1ccco1)C1CCCCC1. The summed E-state index contributed by atoms with van der Waals surface area (Å²) in [5, 5.41) is 7.14. The van der Waals surface area contributed by atoms with Crippen LogP contribution in [0.25, 0.3) is 0 Å². The summed E-state index contributed by atoms with van der Waals surface area (Å²) in [5.74, 6) is 0.853. The summed E-state index contributed by atoms with van der Waals surface area (Å²) >= 11 is 12.8. The summed E-state index contributed by atoms with van der Waals surface area (Å²) in [6.07, 6.45) is 8.29. The molecule has 1 heterocycles. The van der Waals surface area contributed by atoms with Gasteiger partial charge in [0.1, 0.15) is 5.76 Å². The first-order valence-corrected chi connectivity index (χ1v) is 11.3. The van der Waals surface area contributed by atoms with Crippen molar-refractivity contribution in [2.24, 2.45) is 0 Å². The van der Waals surface area contributed by atoms with Crippen LogP contribution in [0.1, 0.15) is 43.4 Å². The molecule has 0 unspecified atom stereocenters. The predicted molar refractivity (Wildman–Crippen MR) is 122 cm³/mol. The minimum Gasteiger partial charge on any atom is -0.467 e. The number of hydrogen-bond donors (Lipinski definition) is 2. The van der Waals surface area contributed by atoms with E-state index in [0.29, 0.717) is 17.7 Å². The highest BCUT2D eigenvalue weighted by Gasteiger charge is 2.20. The molecular weight excluding hydrogens is 490 g/mol. The Balaban J connectivity index is 1.68. The summed E-state index contributed by atoms with van der Waals surface area (Å²) in [4.78, 5) is 2.47. The van der Waals surface area contributed by atoms with Gasteiger partial charge in [-0.05, 0) is 77.9 Å². The molecule has 27 heavy (non-hydrogen) atoms. The van der Waals surface area contributed by atoms with Crippen molar-refractivity contribution in [2.45, 2.75) is 51.2 Å². The zero-order valence-corrected chi connectivity index (χ0v) is 19.4. The Kier molecular flexibility index (Phi) is 7.75. The molecule has 0 bridgehead atoms. The number of anilines is 1. The fraction of sp³-hybridized carbons (Fsp3) is 0.450. The third kappa shape index (κ3) is 6.04. The van der Waals surface area contributed by atoms with Gasteiger partial charge in [0.25, 0.3) is 0 Å². The van der Waals surface area contributed by atoms with Crippen LogP contribution in [0.3, 0.4) is 0 Å². The molecule has 0 spiro atoms. The van der Waals surface area contributed by atoms with Gasteiger partial charge in [-0.2, -0.15) is 0 Å². The van der Waals surface area contributed by atoms with E-state index in [1.54, 1.807) is 6.26 Å². The lowest BCUT2D eigenvalue weighted by atomic mass is 9.94. The maximum atomic E-state index is 5.49. The van der Waals surface area contributed by atoms with Gasteiger partial charge in [-0.1, -0.05) is 35.2 Å². The summed E-state index contributed by atoms with van der Waals surface area (Å²) in [5.41, 5.74) is 2.23. The maximum Gasteiger partial charge on any atom is 0.171 e. The van der Waals surface area contributed by atoms with Gasteiger partial charge in [-0.25, -0.2) is 0 Å². The van der Waals surface area contributed by atoms with E-state index in [4.69, 9.17) is 16.6 Å². The van der Waals surface area contributed by atoms with Crippen molar-refractivity contribution in [3.05, 3.63) is 50.8 Å². The number of benzene rings is 1. The lowest BCUT2D eigenvalue weighted by Crippen LogP contribution is -2.33. The van der Waals surface area contributed by atoms with Gasteiger partial charge in [-0.3, -0.25) is 4.90 Å². The summed E-state index contributed by atoms with van der Waals surface area (Å²) in [6, 6.07) is 8.67. The second-order valence-electron chi connectivity index (χ2n) is 7.02. The topological polar surface area (TPSA) is 40.4 Å². The number of hydrogen-bond acceptors (Lipinski definition) is 3. The number of nitrogens with one attached hydrogen (secondary N) is 2. The number of nitrogens with zero attached hydrogens (tertiary/aromatic N) is 1. The molecule has 1 saturated carbocycles. The molecule has 0 atom stereocenters. The molecule has 3 rings (SSSR count). The Bertz CT molecular complexity index is 761. The first-order chi connectivity index (χ1) is 13.0. The first-order valence-electron chi connectivity index (χ1n) is 9.28. The van der Waals surface area contributed by atoms with Gasteiger partial charge in [0.15, 0.2) is 5.11 Å². The van der Waals surface area contributed by atoms with E-state index in [2.05, 4.69) is 60.5 Å². The Morgan fingerprint density at radius 2 is 2.04 bits per heavy atom. The Morgan fingerprint density at radius 1 is 1.26 bits per heavy atom. The fourth-order valence-corrected chi connectivity index (χ4v) is 5.14. The number of rotatable bonds is 6. The van der Waals surface area contributed by atoms with Gasteiger partial charge in [0, 0.05) is 21.5 Å². The van der Waals surface area contributed by atoms with Crippen LogP contribution in [0, 0.1) is 0 Å². The Morgan fingerprint density at radius 3 is 2.74 bits per heavy atom. The zero-order chi connectivity index (χ0) is 19.2. The van der Waals surface area contributed by atoms with E-state index >= 15 is 0 Å². The monoisotopic (exact) mass is 513 g/mol. The molecule has 1 aliphatic carbocycles. The van der Waals surface area contributed by atoms with Crippen molar-refractivity contribution in [3.8, 4) is 0 Å². The molecule has 0 amide bonds. The van der Waals surface area contributed by atoms with Gasteiger partial charge in [0.2, 0.25) is 0 Å². The molecule has 0 aliphatic heterocycles. The van der Waals surface area contributed by atoms with Crippen LogP contribution in [0.5, 0.6) is 0 Å². The molecular formula is C20H25Br2N3OS. The third-order valence-corrected chi connectivity index (χ3v) is 6.33. The molecule has 0 radical (unpaired) electrons. The summed E-state index contributed by atoms with van der Waals surface area (Å²) < 4.78 is 7.39. The highest BCUT2D eigenvalue weighted by atomic mass is 79.9. The second kappa shape index (κ2) is 10.0. The normalized spacial score (nSPS) is 15.1. The van der Waals surface area contributed by atoms with E-state index in [-0.39, 0.29) is 0 Å². The predicted octanol–water partition coefficient (Wildman–Crippen LogP) is 6.06. The van der Waals surface area contributed by atoms with Crippen LogP contribution in [0.15, 0.2) is 43.9 Å². The van der Waals surface area contributed by atoms with Crippen molar-refractivity contribution in [1.82, 2.24) is 10.2 Å². The molecule has 2 N–H and O–H groups in total.